The zero-order chi connectivity index (χ0) is 8.65. The van der Waals surface area contributed by atoms with E-state index >= 15 is 0 Å². The van der Waals surface area contributed by atoms with Gasteiger partial charge >= 0.3 is 0 Å². The molecule has 0 aromatic rings. The SMILES string of the molecule is CC1=C(C)C(C)(C)CCN1[O]. The van der Waals surface area contributed by atoms with E-state index in [-0.39, 0.29) is 5.41 Å². The molecule has 1 radical (unpaired) electrons. The van der Waals surface area contributed by atoms with E-state index in [1.807, 2.05) is 6.92 Å². The lowest BCUT2D eigenvalue weighted by Gasteiger charge is -2.35. The highest BCUT2D eigenvalue weighted by Crippen LogP contribution is 2.36. The maximum absolute atomic E-state index is 11.2. The van der Waals surface area contributed by atoms with E-state index in [4.69, 9.17) is 0 Å². The van der Waals surface area contributed by atoms with Crippen LogP contribution in [0, 0.1) is 5.41 Å². The second-order valence-electron chi connectivity index (χ2n) is 3.95. The largest absolute Gasteiger partial charge is 0.225 e. The smallest absolute Gasteiger partial charge is 0.0491 e. The molecule has 0 saturated heterocycles. The van der Waals surface area contributed by atoms with E-state index in [2.05, 4.69) is 20.8 Å². The Hall–Kier alpha value is -0.500. The molecule has 0 unspecified atom stereocenters. The highest BCUT2D eigenvalue weighted by atomic mass is 16.5. The molecule has 1 aliphatic rings. The van der Waals surface area contributed by atoms with Crippen molar-refractivity contribution in [3.8, 4) is 0 Å². The Bertz CT molecular complexity index is 194. The van der Waals surface area contributed by atoms with Crippen molar-refractivity contribution in [1.29, 1.82) is 0 Å². The predicted molar refractivity (Wildman–Crippen MR) is 44.2 cm³/mol. The van der Waals surface area contributed by atoms with Gasteiger partial charge in [0.05, 0.1) is 0 Å². The Kier molecular flexibility index (Phi) is 1.97. The van der Waals surface area contributed by atoms with E-state index in [0.717, 1.165) is 17.2 Å². The van der Waals surface area contributed by atoms with Gasteiger partial charge in [-0.2, -0.15) is 0 Å². The van der Waals surface area contributed by atoms with Crippen LogP contribution < -0.4 is 0 Å². The molecule has 0 bridgehead atoms. The summed E-state index contributed by atoms with van der Waals surface area (Å²) in [6.07, 6.45) is 0.972. The summed E-state index contributed by atoms with van der Waals surface area (Å²) >= 11 is 0. The molecular weight excluding hydrogens is 138 g/mol. The molecule has 0 fully saturated rings. The molecule has 11 heavy (non-hydrogen) atoms. The quantitative estimate of drug-likeness (QED) is 0.525. The summed E-state index contributed by atoms with van der Waals surface area (Å²) in [6, 6.07) is 0. The molecule has 0 aromatic carbocycles. The Labute approximate surface area is 68.5 Å². The highest BCUT2D eigenvalue weighted by molar-refractivity contribution is 5.18. The van der Waals surface area contributed by atoms with E-state index in [9.17, 15) is 5.21 Å². The van der Waals surface area contributed by atoms with Gasteiger partial charge < -0.3 is 0 Å². The normalized spacial score (nSPS) is 24.3. The van der Waals surface area contributed by atoms with Crippen LogP contribution in [-0.4, -0.2) is 11.6 Å². The molecule has 1 aliphatic heterocycles. The van der Waals surface area contributed by atoms with Crippen LogP contribution in [0.1, 0.15) is 34.1 Å². The third-order valence-electron chi connectivity index (χ3n) is 2.87. The van der Waals surface area contributed by atoms with Crippen LogP contribution in [0.25, 0.3) is 0 Å². The molecule has 0 aliphatic carbocycles. The summed E-state index contributed by atoms with van der Waals surface area (Å²) in [6.45, 7) is 9.00. The molecular formula is C9H16NO. The van der Waals surface area contributed by atoms with Gasteiger partial charge in [0.25, 0.3) is 0 Å². The standard InChI is InChI=1S/C9H16NO/c1-7-8(2)10(11)6-5-9(7,3)4/h5-6H2,1-4H3. The van der Waals surface area contributed by atoms with E-state index in [1.165, 1.54) is 5.57 Å². The van der Waals surface area contributed by atoms with Crippen molar-refractivity contribution in [2.24, 2.45) is 5.41 Å². The van der Waals surface area contributed by atoms with Crippen LogP contribution in [0.4, 0.5) is 0 Å². The number of hydrogen-bond acceptors (Lipinski definition) is 1. The van der Waals surface area contributed by atoms with Crippen LogP contribution in [0.2, 0.25) is 0 Å². The van der Waals surface area contributed by atoms with E-state index < -0.39 is 0 Å². The number of nitrogens with zero attached hydrogens (tertiary/aromatic N) is 1. The third kappa shape index (κ3) is 1.41. The summed E-state index contributed by atoms with van der Waals surface area (Å²) in [5, 5.41) is 12.2. The van der Waals surface area contributed by atoms with E-state index in [0.29, 0.717) is 6.54 Å². The van der Waals surface area contributed by atoms with Gasteiger partial charge in [0.1, 0.15) is 0 Å². The van der Waals surface area contributed by atoms with Crippen LogP contribution in [-0.2, 0) is 5.21 Å². The molecule has 0 atom stereocenters. The second kappa shape index (κ2) is 2.52. The van der Waals surface area contributed by atoms with Gasteiger partial charge in [-0.3, -0.25) is 0 Å². The Morgan fingerprint density at radius 2 is 1.91 bits per heavy atom. The van der Waals surface area contributed by atoms with Crippen LogP contribution in [0.3, 0.4) is 0 Å². The molecule has 63 valence electrons. The molecule has 0 spiro atoms. The second-order valence-corrected chi connectivity index (χ2v) is 3.95. The van der Waals surface area contributed by atoms with E-state index in [1.54, 1.807) is 0 Å². The van der Waals surface area contributed by atoms with Gasteiger partial charge in [-0.25, -0.2) is 5.06 Å². The Morgan fingerprint density at radius 3 is 2.36 bits per heavy atom. The fourth-order valence-corrected chi connectivity index (χ4v) is 1.41. The van der Waals surface area contributed by atoms with Crippen LogP contribution >= 0.6 is 0 Å². The highest BCUT2D eigenvalue weighted by Gasteiger charge is 2.28. The summed E-state index contributed by atoms with van der Waals surface area (Å²) in [5.74, 6) is 0. The predicted octanol–water partition coefficient (Wildman–Crippen LogP) is 2.36. The number of hydroxylamine groups is 2. The zero-order valence-corrected chi connectivity index (χ0v) is 7.77. The van der Waals surface area contributed by atoms with Gasteiger partial charge in [-0.1, -0.05) is 19.1 Å². The minimum Gasteiger partial charge on any atom is -0.225 e. The summed E-state index contributed by atoms with van der Waals surface area (Å²) in [4.78, 5) is 0. The average molecular weight is 154 g/mol. The van der Waals surface area contributed by atoms with Crippen molar-refractivity contribution in [1.82, 2.24) is 5.06 Å². The van der Waals surface area contributed by atoms with Crippen molar-refractivity contribution in [3.05, 3.63) is 11.3 Å². The summed E-state index contributed by atoms with van der Waals surface area (Å²) in [7, 11) is 0. The Morgan fingerprint density at radius 1 is 1.36 bits per heavy atom. The fraction of sp³-hybridized carbons (Fsp3) is 0.778. The van der Waals surface area contributed by atoms with Crippen molar-refractivity contribution in [3.63, 3.8) is 0 Å². The van der Waals surface area contributed by atoms with Crippen LogP contribution in [0.15, 0.2) is 11.3 Å². The summed E-state index contributed by atoms with van der Waals surface area (Å²) < 4.78 is 0. The molecule has 0 amide bonds. The lowest BCUT2D eigenvalue weighted by Crippen LogP contribution is -2.31. The van der Waals surface area contributed by atoms with Gasteiger partial charge in [-0.15, -0.1) is 0 Å². The molecule has 0 aromatic heterocycles. The van der Waals surface area contributed by atoms with Crippen molar-refractivity contribution < 1.29 is 5.21 Å². The lowest BCUT2D eigenvalue weighted by molar-refractivity contribution is -0.137. The molecule has 1 heterocycles. The maximum Gasteiger partial charge on any atom is 0.0491 e. The monoisotopic (exact) mass is 154 g/mol. The molecule has 0 N–H and O–H groups in total. The minimum absolute atomic E-state index is 0.227. The van der Waals surface area contributed by atoms with Gasteiger partial charge in [-0.05, 0) is 31.3 Å². The first-order valence-corrected chi connectivity index (χ1v) is 4.08. The average Bonchev–Trinajstić information content (AvgIpc) is 1.95. The fourth-order valence-electron chi connectivity index (χ4n) is 1.41. The van der Waals surface area contributed by atoms with Crippen molar-refractivity contribution in [2.45, 2.75) is 34.1 Å². The third-order valence-corrected chi connectivity index (χ3v) is 2.87. The molecule has 2 nitrogen and oxygen atoms in total. The molecule has 2 heteroatoms. The molecule has 1 rings (SSSR count). The van der Waals surface area contributed by atoms with Crippen LogP contribution in [0.5, 0.6) is 0 Å². The van der Waals surface area contributed by atoms with Gasteiger partial charge in [0.2, 0.25) is 0 Å². The van der Waals surface area contributed by atoms with Gasteiger partial charge in [0.15, 0.2) is 0 Å². The lowest BCUT2D eigenvalue weighted by atomic mass is 9.79. The summed E-state index contributed by atoms with van der Waals surface area (Å²) in [5.41, 5.74) is 2.37. The van der Waals surface area contributed by atoms with Gasteiger partial charge in [0, 0.05) is 12.2 Å². The number of allylic oxidation sites excluding steroid dienone is 2. The van der Waals surface area contributed by atoms with Crippen molar-refractivity contribution >= 4 is 0 Å². The number of hydrogen-bond donors (Lipinski definition) is 0. The number of rotatable bonds is 0. The Balaban J connectivity index is 2.97. The minimum atomic E-state index is 0.227. The zero-order valence-electron chi connectivity index (χ0n) is 7.77. The van der Waals surface area contributed by atoms with Crippen molar-refractivity contribution in [2.75, 3.05) is 6.54 Å². The maximum atomic E-state index is 11.2. The first-order chi connectivity index (χ1) is 4.95. The first-order valence-electron chi connectivity index (χ1n) is 4.08. The first kappa shape index (κ1) is 8.60. The topological polar surface area (TPSA) is 23.1 Å². The molecule has 0 saturated carbocycles.